The smallest absolute Gasteiger partial charge is 0.0991 e. The second-order valence-corrected chi connectivity index (χ2v) is 4.87. The minimum absolute atomic E-state index is 0.0353. The molecule has 1 atom stereocenters. The molecule has 0 spiro atoms. The minimum atomic E-state index is -0.534. The van der Waals surface area contributed by atoms with Crippen molar-refractivity contribution in [3.8, 4) is 6.07 Å². The number of rotatable bonds is 5. The van der Waals surface area contributed by atoms with Crippen LogP contribution in [0.2, 0.25) is 0 Å². The van der Waals surface area contributed by atoms with Crippen molar-refractivity contribution in [2.75, 3.05) is 6.54 Å². The minimum Gasteiger partial charge on any atom is -0.387 e. The number of aliphatic hydroxyl groups excluding tert-OH is 1. The third-order valence-corrected chi connectivity index (χ3v) is 3.08. The summed E-state index contributed by atoms with van der Waals surface area (Å²) in [5.74, 6) is 0. The SMILES string of the molecule is CCC(C)(C)NCC(O)c1ccc(C#N)cc1. The first-order valence-corrected chi connectivity index (χ1v) is 5.91. The first-order chi connectivity index (χ1) is 7.98. The lowest BCUT2D eigenvalue weighted by Crippen LogP contribution is -2.40. The molecule has 1 aromatic carbocycles. The summed E-state index contributed by atoms with van der Waals surface area (Å²) in [5, 5.41) is 22.0. The Morgan fingerprint density at radius 1 is 1.35 bits per heavy atom. The first-order valence-electron chi connectivity index (χ1n) is 5.91. The Morgan fingerprint density at radius 2 is 1.94 bits per heavy atom. The second-order valence-electron chi connectivity index (χ2n) is 4.87. The first kappa shape index (κ1) is 13.7. The van der Waals surface area contributed by atoms with E-state index in [2.05, 4.69) is 32.2 Å². The highest BCUT2D eigenvalue weighted by Crippen LogP contribution is 2.15. The van der Waals surface area contributed by atoms with Crippen LogP contribution in [0.4, 0.5) is 0 Å². The van der Waals surface area contributed by atoms with Gasteiger partial charge in [0, 0.05) is 12.1 Å². The number of hydrogen-bond acceptors (Lipinski definition) is 3. The zero-order chi connectivity index (χ0) is 12.9. The Morgan fingerprint density at radius 3 is 2.41 bits per heavy atom. The van der Waals surface area contributed by atoms with Crippen LogP contribution in [-0.4, -0.2) is 17.2 Å². The quantitative estimate of drug-likeness (QED) is 0.819. The van der Waals surface area contributed by atoms with Crippen LogP contribution in [0.15, 0.2) is 24.3 Å². The molecule has 0 heterocycles. The molecule has 0 fully saturated rings. The summed E-state index contributed by atoms with van der Waals surface area (Å²) in [4.78, 5) is 0. The fraction of sp³-hybridized carbons (Fsp3) is 0.500. The van der Waals surface area contributed by atoms with E-state index in [1.54, 1.807) is 24.3 Å². The van der Waals surface area contributed by atoms with Gasteiger partial charge in [0.05, 0.1) is 17.7 Å². The van der Waals surface area contributed by atoms with E-state index in [9.17, 15) is 5.11 Å². The van der Waals surface area contributed by atoms with E-state index in [-0.39, 0.29) is 5.54 Å². The highest BCUT2D eigenvalue weighted by molar-refractivity contribution is 5.32. The second kappa shape index (κ2) is 5.81. The Labute approximate surface area is 103 Å². The molecule has 2 N–H and O–H groups in total. The maximum Gasteiger partial charge on any atom is 0.0991 e. The molecule has 0 amide bonds. The normalized spacial score (nSPS) is 13.1. The Hall–Kier alpha value is -1.37. The number of nitrogens with zero attached hydrogens (tertiary/aromatic N) is 1. The summed E-state index contributed by atoms with van der Waals surface area (Å²) < 4.78 is 0. The van der Waals surface area contributed by atoms with E-state index < -0.39 is 6.10 Å². The van der Waals surface area contributed by atoms with Crippen molar-refractivity contribution in [2.24, 2.45) is 0 Å². The molecule has 92 valence electrons. The topological polar surface area (TPSA) is 56.0 Å². The number of nitrogens with one attached hydrogen (secondary N) is 1. The highest BCUT2D eigenvalue weighted by Gasteiger charge is 2.16. The van der Waals surface area contributed by atoms with Gasteiger partial charge in [-0.25, -0.2) is 0 Å². The van der Waals surface area contributed by atoms with Crippen molar-refractivity contribution in [1.29, 1.82) is 5.26 Å². The predicted octanol–water partition coefficient (Wildman–Crippen LogP) is 2.37. The zero-order valence-electron chi connectivity index (χ0n) is 10.7. The van der Waals surface area contributed by atoms with E-state index in [0.717, 1.165) is 12.0 Å². The molecular formula is C14H20N2O. The standard InChI is InChI=1S/C14H20N2O/c1-4-14(2,3)16-10-13(17)12-7-5-11(9-15)6-8-12/h5-8,13,16-17H,4,10H2,1-3H3. The van der Waals surface area contributed by atoms with Crippen molar-refractivity contribution in [3.05, 3.63) is 35.4 Å². The summed E-state index contributed by atoms with van der Waals surface area (Å²) >= 11 is 0. The van der Waals surface area contributed by atoms with Crippen LogP contribution in [-0.2, 0) is 0 Å². The van der Waals surface area contributed by atoms with Crippen LogP contribution in [0.1, 0.15) is 44.4 Å². The predicted molar refractivity (Wildman–Crippen MR) is 68.5 cm³/mol. The van der Waals surface area contributed by atoms with Crippen LogP contribution in [0, 0.1) is 11.3 Å². The molecular weight excluding hydrogens is 212 g/mol. The highest BCUT2D eigenvalue weighted by atomic mass is 16.3. The third kappa shape index (κ3) is 4.18. The Bertz CT molecular complexity index is 390. The number of nitriles is 1. The van der Waals surface area contributed by atoms with Gasteiger partial charge >= 0.3 is 0 Å². The molecule has 1 unspecified atom stereocenters. The number of aliphatic hydroxyl groups is 1. The molecule has 17 heavy (non-hydrogen) atoms. The van der Waals surface area contributed by atoms with Gasteiger partial charge < -0.3 is 10.4 Å². The summed E-state index contributed by atoms with van der Waals surface area (Å²) in [7, 11) is 0. The molecule has 0 aromatic heterocycles. The van der Waals surface area contributed by atoms with Gasteiger partial charge in [0.15, 0.2) is 0 Å². The third-order valence-electron chi connectivity index (χ3n) is 3.08. The van der Waals surface area contributed by atoms with E-state index in [0.29, 0.717) is 12.1 Å². The van der Waals surface area contributed by atoms with Gasteiger partial charge in [-0.1, -0.05) is 19.1 Å². The molecule has 0 saturated carbocycles. The molecule has 0 aliphatic rings. The fourth-order valence-corrected chi connectivity index (χ4v) is 1.40. The lowest BCUT2D eigenvalue weighted by molar-refractivity contribution is 0.160. The molecule has 0 saturated heterocycles. The van der Waals surface area contributed by atoms with Gasteiger partial charge in [0.25, 0.3) is 0 Å². The van der Waals surface area contributed by atoms with Gasteiger partial charge in [-0.05, 0) is 38.0 Å². The van der Waals surface area contributed by atoms with Crippen molar-refractivity contribution < 1.29 is 5.11 Å². The van der Waals surface area contributed by atoms with Crippen molar-refractivity contribution in [2.45, 2.75) is 38.8 Å². The van der Waals surface area contributed by atoms with E-state index >= 15 is 0 Å². The van der Waals surface area contributed by atoms with Crippen molar-refractivity contribution >= 4 is 0 Å². The molecule has 1 rings (SSSR count). The average Bonchev–Trinajstić information content (AvgIpc) is 2.36. The van der Waals surface area contributed by atoms with Crippen molar-refractivity contribution in [1.82, 2.24) is 5.32 Å². The maximum absolute atomic E-state index is 10.00. The zero-order valence-corrected chi connectivity index (χ0v) is 10.7. The summed E-state index contributed by atoms with van der Waals surface area (Å²) in [6, 6.07) is 9.10. The van der Waals surface area contributed by atoms with Crippen LogP contribution < -0.4 is 5.32 Å². The monoisotopic (exact) mass is 232 g/mol. The molecule has 3 heteroatoms. The van der Waals surface area contributed by atoms with Gasteiger partial charge in [-0.2, -0.15) is 5.26 Å². The van der Waals surface area contributed by atoms with Crippen LogP contribution in [0.5, 0.6) is 0 Å². The summed E-state index contributed by atoms with van der Waals surface area (Å²) in [6.07, 6.45) is 0.473. The molecule has 0 aliphatic carbocycles. The van der Waals surface area contributed by atoms with Crippen LogP contribution in [0.25, 0.3) is 0 Å². The van der Waals surface area contributed by atoms with Gasteiger partial charge in [-0.15, -0.1) is 0 Å². The molecule has 0 bridgehead atoms. The number of benzene rings is 1. The van der Waals surface area contributed by atoms with Crippen molar-refractivity contribution in [3.63, 3.8) is 0 Å². The Balaban J connectivity index is 2.58. The van der Waals surface area contributed by atoms with E-state index in [1.807, 2.05) is 0 Å². The fourth-order valence-electron chi connectivity index (χ4n) is 1.40. The molecule has 3 nitrogen and oxygen atoms in total. The lowest BCUT2D eigenvalue weighted by Gasteiger charge is -2.26. The largest absolute Gasteiger partial charge is 0.387 e. The summed E-state index contributed by atoms with van der Waals surface area (Å²) in [5.41, 5.74) is 1.49. The number of hydrogen-bond donors (Lipinski definition) is 2. The van der Waals surface area contributed by atoms with E-state index in [1.165, 1.54) is 0 Å². The molecule has 0 aliphatic heterocycles. The Kier molecular flexibility index (Phi) is 4.68. The van der Waals surface area contributed by atoms with Crippen LogP contribution >= 0.6 is 0 Å². The van der Waals surface area contributed by atoms with Gasteiger partial charge in [0.1, 0.15) is 0 Å². The molecule has 0 radical (unpaired) electrons. The number of β-amino-alcohol motifs (C(OH)–C–C–N with tert-alkyl or cyclic N) is 1. The van der Waals surface area contributed by atoms with Gasteiger partial charge in [0.2, 0.25) is 0 Å². The van der Waals surface area contributed by atoms with E-state index in [4.69, 9.17) is 5.26 Å². The average molecular weight is 232 g/mol. The molecule has 1 aromatic rings. The lowest BCUT2D eigenvalue weighted by atomic mass is 10.0. The summed E-state index contributed by atoms with van der Waals surface area (Å²) in [6.45, 7) is 6.85. The van der Waals surface area contributed by atoms with Gasteiger partial charge in [-0.3, -0.25) is 0 Å². The van der Waals surface area contributed by atoms with Crippen LogP contribution in [0.3, 0.4) is 0 Å². The maximum atomic E-state index is 10.00.